The lowest BCUT2D eigenvalue weighted by Crippen LogP contribution is -2.32. The molecule has 1 N–H and O–H groups in total. The average molecular weight is 395 g/mol. The van der Waals surface area contributed by atoms with Gasteiger partial charge in [-0.1, -0.05) is 0 Å². The third-order valence-corrected chi connectivity index (χ3v) is 5.84. The molecule has 0 spiro atoms. The van der Waals surface area contributed by atoms with Crippen LogP contribution in [0.3, 0.4) is 0 Å². The first kappa shape index (κ1) is 18.2. The fraction of sp³-hybridized carbons (Fsp3) is 0.409. The van der Waals surface area contributed by atoms with Gasteiger partial charge in [0, 0.05) is 48.1 Å². The number of imidazole rings is 1. The minimum absolute atomic E-state index is 0.225. The normalized spacial score (nSPS) is 18.2. The van der Waals surface area contributed by atoms with Gasteiger partial charge in [0.2, 0.25) is 0 Å². The second-order valence-electron chi connectivity index (χ2n) is 7.95. The largest absolute Gasteiger partial charge is 0.365 e. The van der Waals surface area contributed by atoms with Crippen molar-refractivity contribution in [3.05, 3.63) is 58.9 Å². The summed E-state index contributed by atoms with van der Waals surface area (Å²) in [5.74, 6) is 1.54. The van der Waals surface area contributed by atoms with Gasteiger partial charge < -0.3 is 9.88 Å². The number of aromatic nitrogens is 4. The van der Waals surface area contributed by atoms with Gasteiger partial charge in [0.25, 0.3) is 0 Å². The number of rotatable bonds is 3. The smallest absolute Gasteiger partial charge is 0.135 e. The van der Waals surface area contributed by atoms with Crippen LogP contribution in [0.15, 0.2) is 24.4 Å². The molecule has 29 heavy (non-hydrogen) atoms. The zero-order chi connectivity index (χ0) is 20.0. The Bertz CT molecular complexity index is 1080. The minimum atomic E-state index is -0.585. The standard InChI is InChI=1S/C22H23F2N5/c1-13-25-19-5-3-2-4-17(19)22(26-13)27-15-7-9-21-28-20(12-29(21)11-15)16-8-6-14(23)10-18(16)24/h6,8,10,12,15H,2-5,7,9,11H2,1H3,(H,25,26,27). The van der Waals surface area contributed by atoms with Crippen LogP contribution in [-0.4, -0.2) is 25.6 Å². The summed E-state index contributed by atoms with van der Waals surface area (Å²) in [7, 11) is 0. The summed E-state index contributed by atoms with van der Waals surface area (Å²) >= 11 is 0. The van der Waals surface area contributed by atoms with Crippen LogP contribution in [0.5, 0.6) is 0 Å². The van der Waals surface area contributed by atoms with Crippen molar-refractivity contribution in [2.75, 3.05) is 5.32 Å². The SMILES string of the molecule is Cc1nc2c(c(NC3CCc4nc(-c5ccc(F)cc5F)cn4C3)n1)CCCC2. The molecule has 0 fully saturated rings. The van der Waals surface area contributed by atoms with E-state index in [4.69, 9.17) is 0 Å². The molecule has 0 radical (unpaired) electrons. The molecule has 1 aromatic carbocycles. The van der Waals surface area contributed by atoms with Gasteiger partial charge in [0.1, 0.15) is 29.1 Å². The molecule has 1 atom stereocenters. The lowest BCUT2D eigenvalue weighted by Gasteiger charge is -2.27. The maximum Gasteiger partial charge on any atom is 0.135 e. The topological polar surface area (TPSA) is 55.6 Å². The van der Waals surface area contributed by atoms with Gasteiger partial charge >= 0.3 is 0 Å². The molecule has 7 heteroatoms. The Morgan fingerprint density at radius 3 is 2.79 bits per heavy atom. The molecule has 2 aliphatic rings. The van der Waals surface area contributed by atoms with Crippen LogP contribution in [0, 0.1) is 18.6 Å². The summed E-state index contributed by atoms with van der Waals surface area (Å²) in [5.41, 5.74) is 3.32. The maximum atomic E-state index is 14.1. The lowest BCUT2D eigenvalue weighted by atomic mass is 9.96. The number of hydrogen-bond donors (Lipinski definition) is 1. The molecule has 0 saturated carbocycles. The van der Waals surface area contributed by atoms with Crippen LogP contribution in [0.1, 0.15) is 42.2 Å². The van der Waals surface area contributed by atoms with Gasteiger partial charge in [-0.2, -0.15) is 0 Å². The Labute approximate surface area is 168 Å². The Balaban J connectivity index is 1.38. The Hall–Kier alpha value is -2.83. The highest BCUT2D eigenvalue weighted by atomic mass is 19.1. The molecule has 1 unspecified atom stereocenters. The van der Waals surface area contributed by atoms with Crippen molar-refractivity contribution in [1.82, 2.24) is 19.5 Å². The van der Waals surface area contributed by atoms with Crippen molar-refractivity contribution >= 4 is 5.82 Å². The van der Waals surface area contributed by atoms with E-state index in [2.05, 4.69) is 24.8 Å². The number of hydrogen-bond acceptors (Lipinski definition) is 4. The van der Waals surface area contributed by atoms with E-state index in [1.54, 1.807) is 0 Å². The van der Waals surface area contributed by atoms with Gasteiger partial charge in [-0.25, -0.2) is 23.7 Å². The second kappa shape index (κ2) is 7.21. The van der Waals surface area contributed by atoms with Crippen molar-refractivity contribution in [2.45, 2.75) is 58.0 Å². The molecular weight excluding hydrogens is 372 g/mol. The highest BCUT2D eigenvalue weighted by molar-refractivity contribution is 5.59. The molecule has 1 aliphatic heterocycles. The fourth-order valence-electron chi connectivity index (χ4n) is 4.42. The van der Waals surface area contributed by atoms with E-state index in [0.717, 1.165) is 55.8 Å². The van der Waals surface area contributed by atoms with Crippen molar-refractivity contribution < 1.29 is 8.78 Å². The number of nitrogens with zero attached hydrogens (tertiary/aromatic N) is 4. The van der Waals surface area contributed by atoms with Crippen molar-refractivity contribution in [1.29, 1.82) is 0 Å². The first-order chi connectivity index (χ1) is 14.1. The minimum Gasteiger partial charge on any atom is -0.365 e. The van der Waals surface area contributed by atoms with E-state index in [9.17, 15) is 8.78 Å². The molecule has 5 nitrogen and oxygen atoms in total. The highest BCUT2D eigenvalue weighted by Gasteiger charge is 2.24. The number of halogens is 2. The number of fused-ring (bicyclic) bond motifs is 2. The highest BCUT2D eigenvalue weighted by Crippen LogP contribution is 2.29. The zero-order valence-electron chi connectivity index (χ0n) is 16.4. The number of nitrogens with one attached hydrogen (secondary N) is 1. The maximum absolute atomic E-state index is 14.1. The van der Waals surface area contributed by atoms with E-state index in [0.29, 0.717) is 11.3 Å². The van der Waals surface area contributed by atoms with Gasteiger partial charge in [0.15, 0.2) is 0 Å². The predicted molar refractivity (Wildman–Crippen MR) is 107 cm³/mol. The number of benzene rings is 1. The Morgan fingerprint density at radius 1 is 1.07 bits per heavy atom. The van der Waals surface area contributed by atoms with Crippen LogP contribution in [0.2, 0.25) is 0 Å². The summed E-state index contributed by atoms with van der Waals surface area (Å²) in [6.07, 6.45) is 8.00. The Morgan fingerprint density at radius 2 is 1.93 bits per heavy atom. The lowest BCUT2D eigenvalue weighted by molar-refractivity contribution is 0.474. The molecule has 3 heterocycles. The van der Waals surface area contributed by atoms with E-state index in [1.165, 1.54) is 36.2 Å². The summed E-state index contributed by atoms with van der Waals surface area (Å²) in [6, 6.07) is 3.84. The third-order valence-electron chi connectivity index (χ3n) is 5.84. The van der Waals surface area contributed by atoms with E-state index in [-0.39, 0.29) is 6.04 Å². The van der Waals surface area contributed by atoms with Gasteiger partial charge in [-0.05, 0) is 51.2 Å². The van der Waals surface area contributed by atoms with Crippen molar-refractivity contribution in [2.24, 2.45) is 0 Å². The summed E-state index contributed by atoms with van der Waals surface area (Å²) in [5, 5.41) is 3.64. The van der Waals surface area contributed by atoms with Crippen LogP contribution >= 0.6 is 0 Å². The molecule has 1 aliphatic carbocycles. The van der Waals surface area contributed by atoms with E-state index >= 15 is 0 Å². The Kier molecular flexibility index (Phi) is 4.53. The molecule has 0 saturated heterocycles. The second-order valence-corrected chi connectivity index (χ2v) is 7.95. The zero-order valence-corrected chi connectivity index (χ0v) is 16.4. The van der Waals surface area contributed by atoms with E-state index in [1.807, 2.05) is 13.1 Å². The monoisotopic (exact) mass is 395 g/mol. The molecular formula is C22H23F2N5. The average Bonchev–Trinajstić information content (AvgIpc) is 3.11. The molecule has 3 aromatic rings. The van der Waals surface area contributed by atoms with Crippen LogP contribution < -0.4 is 5.32 Å². The quantitative estimate of drug-likeness (QED) is 0.721. The van der Waals surface area contributed by atoms with Crippen LogP contribution in [0.25, 0.3) is 11.3 Å². The number of aryl methyl sites for hydroxylation is 3. The summed E-state index contributed by atoms with van der Waals surface area (Å²) in [4.78, 5) is 13.9. The van der Waals surface area contributed by atoms with Gasteiger partial charge in [0.05, 0.1) is 5.69 Å². The molecule has 5 rings (SSSR count). The summed E-state index contributed by atoms with van der Waals surface area (Å²) in [6.45, 7) is 2.68. The number of anilines is 1. The van der Waals surface area contributed by atoms with E-state index < -0.39 is 11.6 Å². The first-order valence-electron chi connectivity index (χ1n) is 10.2. The first-order valence-corrected chi connectivity index (χ1v) is 10.2. The van der Waals surface area contributed by atoms with Crippen molar-refractivity contribution in [3.8, 4) is 11.3 Å². The van der Waals surface area contributed by atoms with Gasteiger partial charge in [-0.3, -0.25) is 0 Å². The fourth-order valence-corrected chi connectivity index (χ4v) is 4.42. The molecule has 0 bridgehead atoms. The van der Waals surface area contributed by atoms with Crippen LogP contribution in [0.4, 0.5) is 14.6 Å². The third kappa shape index (κ3) is 3.50. The molecule has 150 valence electrons. The summed E-state index contributed by atoms with van der Waals surface area (Å²) < 4.78 is 29.4. The van der Waals surface area contributed by atoms with Crippen LogP contribution in [-0.2, 0) is 25.8 Å². The predicted octanol–water partition coefficient (Wildman–Crippen LogP) is 4.23. The molecule has 2 aromatic heterocycles. The molecule has 0 amide bonds. The van der Waals surface area contributed by atoms with Crippen molar-refractivity contribution in [3.63, 3.8) is 0 Å². The van der Waals surface area contributed by atoms with Gasteiger partial charge in [-0.15, -0.1) is 0 Å².